The van der Waals surface area contributed by atoms with E-state index in [2.05, 4.69) is 5.32 Å². The molecule has 0 radical (unpaired) electrons. The predicted molar refractivity (Wildman–Crippen MR) is 63.5 cm³/mol. The van der Waals surface area contributed by atoms with Gasteiger partial charge < -0.3 is 11.1 Å². The van der Waals surface area contributed by atoms with Gasteiger partial charge in [0.05, 0.1) is 5.75 Å². The minimum atomic E-state index is -0.202. The number of nitrogens with two attached hydrogens (primary N) is 1. The number of hydrogen-bond acceptors (Lipinski definition) is 3. The number of carbonyl (C=O) groups excluding carboxylic acids is 1. The van der Waals surface area contributed by atoms with E-state index in [9.17, 15) is 4.79 Å². The highest BCUT2D eigenvalue weighted by Crippen LogP contribution is 2.09. The molecule has 4 heteroatoms. The molecule has 0 aliphatic heterocycles. The van der Waals surface area contributed by atoms with Crippen molar-refractivity contribution in [3.8, 4) is 0 Å². The van der Waals surface area contributed by atoms with Gasteiger partial charge in [0, 0.05) is 16.8 Å². The molecule has 0 aromatic rings. The molecule has 0 bridgehead atoms. The number of thioether (sulfide) groups is 1. The van der Waals surface area contributed by atoms with Crippen molar-refractivity contribution >= 4 is 17.7 Å². The molecule has 0 saturated carbocycles. The lowest BCUT2D eigenvalue weighted by Gasteiger charge is -2.21. The van der Waals surface area contributed by atoms with Crippen LogP contribution in [0.4, 0.5) is 0 Å². The van der Waals surface area contributed by atoms with Crippen molar-refractivity contribution in [1.82, 2.24) is 5.32 Å². The standard InChI is InChI=1S/C10H22N2OS/c1-9(2,3)12-8(13)6-14-7-10(4,5)11/h6-7,11H2,1-5H3,(H,12,13). The van der Waals surface area contributed by atoms with Crippen LogP contribution in [-0.4, -0.2) is 28.5 Å². The average molecular weight is 218 g/mol. The van der Waals surface area contributed by atoms with Crippen molar-refractivity contribution in [2.45, 2.75) is 45.7 Å². The van der Waals surface area contributed by atoms with Crippen LogP contribution in [0.15, 0.2) is 0 Å². The van der Waals surface area contributed by atoms with Gasteiger partial charge in [-0.2, -0.15) is 11.8 Å². The first-order chi connectivity index (χ1) is 6.10. The smallest absolute Gasteiger partial charge is 0.230 e. The molecule has 0 heterocycles. The van der Waals surface area contributed by atoms with E-state index in [0.29, 0.717) is 5.75 Å². The van der Waals surface area contributed by atoms with Gasteiger partial charge in [-0.25, -0.2) is 0 Å². The van der Waals surface area contributed by atoms with Crippen LogP contribution in [0.1, 0.15) is 34.6 Å². The molecule has 3 nitrogen and oxygen atoms in total. The zero-order valence-electron chi connectivity index (χ0n) is 9.81. The van der Waals surface area contributed by atoms with Crippen molar-refractivity contribution < 1.29 is 4.79 Å². The van der Waals surface area contributed by atoms with Crippen LogP contribution in [0.25, 0.3) is 0 Å². The van der Waals surface area contributed by atoms with E-state index in [1.165, 1.54) is 0 Å². The summed E-state index contributed by atoms with van der Waals surface area (Å²) in [5.41, 5.74) is 5.45. The average Bonchev–Trinajstić information content (AvgIpc) is 1.78. The Morgan fingerprint density at radius 2 is 1.79 bits per heavy atom. The van der Waals surface area contributed by atoms with Crippen LogP contribution in [0.2, 0.25) is 0 Å². The van der Waals surface area contributed by atoms with Gasteiger partial charge in [0.15, 0.2) is 0 Å². The van der Waals surface area contributed by atoms with Crippen molar-refractivity contribution in [3.05, 3.63) is 0 Å². The molecule has 0 saturated heterocycles. The zero-order valence-corrected chi connectivity index (χ0v) is 10.6. The van der Waals surface area contributed by atoms with Crippen LogP contribution in [-0.2, 0) is 4.79 Å². The van der Waals surface area contributed by atoms with Crippen molar-refractivity contribution in [1.29, 1.82) is 0 Å². The second kappa shape index (κ2) is 5.03. The van der Waals surface area contributed by atoms with E-state index in [1.807, 2.05) is 34.6 Å². The van der Waals surface area contributed by atoms with E-state index in [-0.39, 0.29) is 17.0 Å². The lowest BCUT2D eigenvalue weighted by molar-refractivity contribution is -0.119. The number of amides is 1. The summed E-state index contributed by atoms with van der Waals surface area (Å²) >= 11 is 1.57. The van der Waals surface area contributed by atoms with Crippen LogP contribution in [0.5, 0.6) is 0 Å². The molecule has 0 rings (SSSR count). The molecule has 1 amide bonds. The normalized spacial score (nSPS) is 12.7. The molecule has 3 N–H and O–H groups in total. The summed E-state index contributed by atoms with van der Waals surface area (Å²) in [5.74, 6) is 1.36. The Balaban J connectivity index is 3.66. The Labute approximate surface area is 91.2 Å². The van der Waals surface area contributed by atoms with E-state index >= 15 is 0 Å². The van der Waals surface area contributed by atoms with Crippen molar-refractivity contribution in [2.24, 2.45) is 5.73 Å². The van der Waals surface area contributed by atoms with Gasteiger partial charge in [-0.15, -0.1) is 0 Å². The molecule has 0 atom stereocenters. The minimum Gasteiger partial charge on any atom is -0.351 e. The number of rotatable bonds is 4. The van der Waals surface area contributed by atoms with Gasteiger partial charge in [0.1, 0.15) is 0 Å². The Morgan fingerprint density at radius 1 is 1.29 bits per heavy atom. The third-order valence-electron chi connectivity index (χ3n) is 1.22. The van der Waals surface area contributed by atoms with Gasteiger partial charge in [-0.1, -0.05) is 0 Å². The van der Waals surface area contributed by atoms with E-state index in [4.69, 9.17) is 5.73 Å². The van der Waals surface area contributed by atoms with Gasteiger partial charge in [-0.05, 0) is 34.6 Å². The maximum absolute atomic E-state index is 11.4. The fraction of sp³-hybridized carbons (Fsp3) is 0.900. The summed E-state index contributed by atoms with van der Waals surface area (Å²) in [6, 6.07) is 0. The van der Waals surface area contributed by atoms with E-state index < -0.39 is 0 Å². The topological polar surface area (TPSA) is 55.1 Å². The van der Waals surface area contributed by atoms with Crippen molar-refractivity contribution in [3.63, 3.8) is 0 Å². The summed E-state index contributed by atoms with van der Waals surface area (Å²) in [6.07, 6.45) is 0. The first-order valence-corrected chi connectivity index (χ1v) is 5.93. The van der Waals surface area contributed by atoms with Crippen LogP contribution < -0.4 is 11.1 Å². The molecule has 84 valence electrons. The minimum absolute atomic E-state index is 0.0757. The first kappa shape index (κ1) is 13.8. The molecule has 0 aromatic heterocycles. The molecule has 0 aliphatic rings. The van der Waals surface area contributed by atoms with Gasteiger partial charge in [-0.3, -0.25) is 4.79 Å². The number of nitrogens with one attached hydrogen (secondary N) is 1. The fourth-order valence-corrected chi connectivity index (χ4v) is 1.75. The fourth-order valence-electron chi connectivity index (χ4n) is 0.861. The Kier molecular flexibility index (Phi) is 4.95. The summed E-state index contributed by atoms with van der Waals surface area (Å²) < 4.78 is 0. The summed E-state index contributed by atoms with van der Waals surface area (Å²) in [4.78, 5) is 11.4. The maximum atomic E-state index is 11.4. The molecule has 0 aromatic carbocycles. The summed E-state index contributed by atoms with van der Waals surface area (Å²) in [6.45, 7) is 9.84. The quantitative estimate of drug-likeness (QED) is 0.749. The van der Waals surface area contributed by atoms with E-state index in [1.54, 1.807) is 11.8 Å². The van der Waals surface area contributed by atoms with Crippen LogP contribution in [0.3, 0.4) is 0 Å². The summed E-state index contributed by atoms with van der Waals surface area (Å²) in [7, 11) is 0. The maximum Gasteiger partial charge on any atom is 0.230 e. The van der Waals surface area contributed by atoms with Gasteiger partial charge >= 0.3 is 0 Å². The Bertz CT molecular complexity index is 191. The number of hydrogen-bond donors (Lipinski definition) is 2. The lowest BCUT2D eigenvalue weighted by Crippen LogP contribution is -2.42. The Hall–Kier alpha value is -0.220. The van der Waals surface area contributed by atoms with Crippen LogP contribution >= 0.6 is 11.8 Å². The second-order valence-corrected chi connectivity index (χ2v) is 6.27. The first-order valence-electron chi connectivity index (χ1n) is 4.78. The van der Waals surface area contributed by atoms with Crippen LogP contribution in [0, 0.1) is 0 Å². The Morgan fingerprint density at radius 3 is 2.14 bits per heavy atom. The highest BCUT2D eigenvalue weighted by molar-refractivity contribution is 8.00. The molecule has 0 fully saturated rings. The molecule has 0 aliphatic carbocycles. The highest BCUT2D eigenvalue weighted by atomic mass is 32.2. The molecule has 14 heavy (non-hydrogen) atoms. The largest absolute Gasteiger partial charge is 0.351 e. The third-order valence-corrected chi connectivity index (χ3v) is 2.64. The third kappa shape index (κ3) is 9.86. The monoisotopic (exact) mass is 218 g/mol. The molecular formula is C10H22N2OS. The zero-order chi connectivity index (χ0) is 11.4. The van der Waals surface area contributed by atoms with Gasteiger partial charge in [0.2, 0.25) is 5.91 Å². The lowest BCUT2D eigenvalue weighted by atomic mass is 10.1. The second-order valence-electron chi connectivity index (χ2n) is 5.28. The van der Waals surface area contributed by atoms with Gasteiger partial charge in [0.25, 0.3) is 0 Å². The molecule has 0 spiro atoms. The molecule has 0 unspecified atom stereocenters. The molecular weight excluding hydrogens is 196 g/mol. The number of carbonyl (C=O) groups is 1. The SMILES string of the molecule is CC(C)(N)CSCC(=O)NC(C)(C)C. The van der Waals surface area contributed by atoms with Crippen molar-refractivity contribution in [2.75, 3.05) is 11.5 Å². The predicted octanol–water partition coefficient (Wildman–Crippen LogP) is 1.37. The highest BCUT2D eigenvalue weighted by Gasteiger charge is 2.15. The van der Waals surface area contributed by atoms with E-state index in [0.717, 1.165) is 5.75 Å². The summed E-state index contributed by atoms with van der Waals surface area (Å²) in [5, 5.41) is 2.90.